The first-order valence-electron chi connectivity index (χ1n) is 3.53. The Morgan fingerprint density at radius 1 is 1.40 bits per heavy atom. The maximum atomic E-state index is 10.8. The highest BCUT2D eigenvalue weighted by atomic mass is 32.2. The van der Waals surface area contributed by atoms with Gasteiger partial charge in [-0.25, -0.2) is 10.1 Å². The van der Waals surface area contributed by atoms with Gasteiger partial charge in [-0.2, -0.15) is 8.42 Å². The monoisotopic (exact) mass is 234 g/mol. The third-order valence-corrected chi connectivity index (χ3v) is 2.38. The van der Waals surface area contributed by atoms with E-state index in [0.29, 0.717) is 0 Å². The van der Waals surface area contributed by atoms with Crippen LogP contribution in [0.2, 0.25) is 0 Å². The highest BCUT2D eigenvalue weighted by Gasteiger charge is 2.21. The number of hydrogen-bond donors (Lipinski definition) is 3. The molecule has 0 unspecified atom stereocenters. The van der Waals surface area contributed by atoms with Gasteiger partial charge < -0.3 is 5.11 Å². The Balaban J connectivity index is 3.40. The minimum absolute atomic E-state index is 0.651. The van der Waals surface area contributed by atoms with E-state index in [2.05, 4.69) is 0 Å². The van der Waals surface area contributed by atoms with Gasteiger partial charge in [0.25, 0.3) is 10.1 Å². The molecule has 0 aliphatic rings. The first-order valence-corrected chi connectivity index (χ1v) is 4.97. The summed E-state index contributed by atoms with van der Waals surface area (Å²) in [6.07, 6.45) is 0. The second-order valence-corrected chi connectivity index (χ2v) is 3.88. The SMILES string of the molecule is O=[N+]([O-])Nc1c(O)cccc1S(=O)(=O)O. The Kier molecular flexibility index (Phi) is 2.77. The smallest absolute Gasteiger partial charge is 0.296 e. The van der Waals surface area contributed by atoms with Crippen LogP contribution in [-0.4, -0.2) is 23.1 Å². The van der Waals surface area contributed by atoms with Crippen LogP contribution in [0.3, 0.4) is 0 Å². The molecule has 9 heteroatoms. The van der Waals surface area contributed by atoms with E-state index >= 15 is 0 Å². The van der Waals surface area contributed by atoms with Crippen molar-refractivity contribution in [2.45, 2.75) is 4.90 Å². The summed E-state index contributed by atoms with van der Waals surface area (Å²) in [5.74, 6) is -0.651. The molecule has 3 N–H and O–H groups in total. The first kappa shape index (κ1) is 11.2. The van der Waals surface area contributed by atoms with E-state index in [1.54, 1.807) is 0 Å². The third-order valence-electron chi connectivity index (χ3n) is 1.49. The lowest BCUT2D eigenvalue weighted by Gasteiger charge is -2.05. The molecule has 0 heterocycles. The standard InChI is InChI=1S/C6H6N2O6S/c9-4-2-1-3-5(15(12,13)14)6(4)7-8(10)11/h1-3,7,9H,(H,12,13,14). The molecule has 0 atom stereocenters. The van der Waals surface area contributed by atoms with Crippen molar-refractivity contribution < 1.29 is 23.1 Å². The largest absolute Gasteiger partial charge is 0.506 e. The molecule has 1 aromatic carbocycles. The number of rotatable bonds is 3. The maximum Gasteiger partial charge on any atom is 0.296 e. The van der Waals surface area contributed by atoms with E-state index in [1.807, 2.05) is 0 Å². The van der Waals surface area contributed by atoms with Gasteiger partial charge in [0.1, 0.15) is 10.6 Å². The van der Waals surface area contributed by atoms with Gasteiger partial charge >= 0.3 is 0 Å². The molecule has 0 amide bonds. The van der Waals surface area contributed by atoms with Crippen molar-refractivity contribution in [3.63, 3.8) is 0 Å². The zero-order valence-corrected chi connectivity index (χ0v) is 7.93. The molecule has 1 aromatic rings. The summed E-state index contributed by atoms with van der Waals surface area (Å²) in [5.41, 5.74) is 0.805. The summed E-state index contributed by atoms with van der Waals surface area (Å²) in [6, 6.07) is 3.09. The predicted molar refractivity (Wildman–Crippen MR) is 48.5 cm³/mol. The van der Waals surface area contributed by atoms with Crippen molar-refractivity contribution in [2.75, 3.05) is 5.43 Å². The van der Waals surface area contributed by atoms with Gasteiger partial charge in [-0.3, -0.25) is 4.55 Å². The second kappa shape index (κ2) is 3.71. The number of hydrazine groups is 1. The van der Waals surface area contributed by atoms with Crippen LogP contribution in [0.15, 0.2) is 23.1 Å². The van der Waals surface area contributed by atoms with Crippen molar-refractivity contribution in [2.24, 2.45) is 0 Å². The molecule has 0 aliphatic heterocycles. The number of anilines is 1. The van der Waals surface area contributed by atoms with Crippen molar-refractivity contribution in [3.05, 3.63) is 28.3 Å². The molecule has 0 radical (unpaired) electrons. The first-order chi connectivity index (χ1) is 6.82. The predicted octanol–water partition coefficient (Wildman–Crippen LogP) is 0.242. The Morgan fingerprint density at radius 2 is 2.00 bits per heavy atom. The number of nitrogens with zero attached hydrogens (tertiary/aromatic N) is 1. The molecule has 1 rings (SSSR count). The molecule has 0 spiro atoms. The van der Waals surface area contributed by atoms with Gasteiger partial charge in [0.05, 0.1) is 0 Å². The summed E-state index contributed by atoms with van der Waals surface area (Å²) in [5, 5.41) is 18.2. The number of benzene rings is 1. The second-order valence-electron chi connectivity index (χ2n) is 2.49. The molecule has 0 aromatic heterocycles. The molecular formula is C6H6N2O6S. The Labute approximate surface area is 84.0 Å². The maximum absolute atomic E-state index is 10.8. The van der Waals surface area contributed by atoms with E-state index in [-0.39, 0.29) is 0 Å². The lowest BCUT2D eigenvalue weighted by molar-refractivity contribution is -0.445. The third kappa shape index (κ3) is 2.54. The number of phenols is 1. The summed E-state index contributed by atoms with van der Waals surface area (Å²) < 4.78 is 30.2. The van der Waals surface area contributed by atoms with Crippen molar-refractivity contribution in [1.29, 1.82) is 0 Å². The molecule has 0 saturated carbocycles. The molecule has 0 aliphatic carbocycles. The minimum atomic E-state index is -4.63. The van der Waals surface area contributed by atoms with Crippen molar-refractivity contribution in [1.82, 2.24) is 0 Å². The lowest BCUT2D eigenvalue weighted by atomic mass is 10.3. The number of nitrogens with one attached hydrogen (secondary N) is 1. The van der Waals surface area contributed by atoms with Gasteiger partial charge in [0.15, 0.2) is 10.7 Å². The quantitative estimate of drug-likeness (QED) is 0.295. The van der Waals surface area contributed by atoms with Gasteiger partial charge in [-0.1, -0.05) is 6.07 Å². The number of para-hydroxylation sites is 1. The van der Waals surface area contributed by atoms with E-state index < -0.39 is 31.5 Å². The Bertz CT molecular complexity index is 496. The zero-order valence-electron chi connectivity index (χ0n) is 7.11. The van der Waals surface area contributed by atoms with E-state index in [0.717, 1.165) is 18.2 Å². The number of phenolic OH excluding ortho intramolecular Hbond substituents is 1. The van der Waals surface area contributed by atoms with Gasteiger partial charge in [0.2, 0.25) is 0 Å². The minimum Gasteiger partial charge on any atom is -0.506 e. The van der Waals surface area contributed by atoms with Gasteiger partial charge in [0, 0.05) is 0 Å². The fraction of sp³-hybridized carbons (Fsp3) is 0. The van der Waals surface area contributed by atoms with Crippen LogP contribution in [0.4, 0.5) is 5.69 Å². The number of hydrogen-bond acceptors (Lipinski definition) is 5. The normalized spacial score (nSPS) is 11.0. The summed E-state index contributed by atoms with van der Waals surface area (Å²) in [4.78, 5) is 9.34. The molecule has 82 valence electrons. The molecule has 0 fully saturated rings. The molecule has 0 saturated heterocycles. The van der Waals surface area contributed by atoms with E-state index in [9.17, 15) is 18.5 Å². The molecule has 0 bridgehead atoms. The van der Waals surface area contributed by atoms with Crippen LogP contribution in [0.5, 0.6) is 5.75 Å². The Morgan fingerprint density at radius 3 is 2.47 bits per heavy atom. The van der Waals surface area contributed by atoms with Crippen molar-refractivity contribution in [3.8, 4) is 5.75 Å². The van der Waals surface area contributed by atoms with Crippen LogP contribution in [0, 0.1) is 10.1 Å². The molecule has 15 heavy (non-hydrogen) atoms. The van der Waals surface area contributed by atoms with E-state index in [1.165, 1.54) is 5.43 Å². The van der Waals surface area contributed by atoms with Gasteiger partial charge in [-0.15, -0.1) is 5.43 Å². The fourth-order valence-corrected chi connectivity index (χ4v) is 1.60. The highest BCUT2D eigenvalue weighted by molar-refractivity contribution is 7.86. The number of aromatic hydroxyl groups is 1. The highest BCUT2D eigenvalue weighted by Crippen LogP contribution is 2.30. The topological polar surface area (TPSA) is 130 Å². The molecule has 8 nitrogen and oxygen atoms in total. The average Bonchev–Trinajstić information content (AvgIpc) is 2.05. The van der Waals surface area contributed by atoms with Gasteiger partial charge in [-0.05, 0) is 12.1 Å². The van der Waals surface area contributed by atoms with Crippen LogP contribution in [-0.2, 0) is 10.1 Å². The Hall–Kier alpha value is -1.87. The fourth-order valence-electron chi connectivity index (χ4n) is 0.938. The average molecular weight is 234 g/mol. The summed E-state index contributed by atoms with van der Waals surface area (Å²) in [7, 11) is -4.63. The lowest BCUT2D eigenvalue weighted by Crippen LogP contribution is -2.12. The number of nitro groups is 1. The van der Waals surface area contributed by atoms with Crippen LogP contribution < -0.4 is 5.43 Å². The summed E-state index contributed by atoms with van der Waals surface area (Å²) in [6.45, 7) is 0. The van der Waals surface area contributed by atoms with Crippen LogP contribution in [0.1, 0.15) is 0 Å². The zero-order chi connectivity index (χ0) is 11.6. The van der Waals surface area contributed by atoms with E-state index in [4.69, 9.17) is 9.66 Å². The molecular weight excluding hydrogens is 228 g/mol. The van der Waals surface area contributed by atoms with Crippen LogP contribution in [0.25, 0.3) is 0 Å². The van der Waals surface area contributed by atoms with Crippen molar-refractivity contribution >= 4 is 15.8 Å². The summed E-state index contributed by atoms with van der Waals surface area (Å²) >= 11 is 0. The van der Waals surface area contributed by atoms with Crippen LogP contribution >= 0.6 is 0 Å².